The van der Waals surface area contributed by atoms with Crippen LogP contribution in [-0.4, -0.2) is 56.9 Å². The van der Waals surface area contributed by atoms with Gasteiger partial charge in [-0.1, -0.05) is 13.3 Å². The van der Waals surface area contributed by atoms with E-state index in [0.717, 1.165) is 45.2 Å². The first-order valence-corrected chi connectivity index (χ1v) is 9.06. The molecule has 19 heavy (non-hydrogen) atoms. The van der Waals surface area contributed by atoms with Gasteiger partial charge in [-0.3, -0.25) is 0 Å². The predicted molar refractivity (Wildman–Crippen MR) is 75.6 cm³/mol. The molecule has 2 aliphatic rings. The molecule has 0 saturated carbocycles. The van der Waals surface area contributed by atoms with E-state index < -0.39 is 10.0 Å². The summed E-state index contributed by atoms with van der Waals surface area (Å²) in [5, 5.41) is 3.28. The van der Waals surface area contributed by atoms with Crippen molar-refractivity contribution in [1.29, 1.82) is 0 Å². The Bertz CT molecular complexity index is 366. The lowest BCUT2D eigenvalue weighted by atomic mass is 10.1. The van der Waals surface area contributed by atoms with Crippen molar-refractivity contribution >= 4 is 10.0 Å². The molecule has 0 aromatic carbocycles. The number of ether oxygens (including phenoxy) is 1. The van der Waals surface area contributed by atoms with Crippen molar-refractivity contribution in [3.05, 3.63) is 0 Å². The fourth-order valence-electron chi connectivity index (χ4n) is 2.96. The molecule has 2 saturated heterocycles. The number of hydrogen-bond acceptors (Lipinski definition) is 4. The summed E-state index contributed by atoms with van der Waals surface area (Å²) < 4.78 is 32.3. The largest absolute Gasteiger partial charge is 0.377 e. The Morgan fingerprint density at radius 3 is 2.79 bits per heavy atom. The van der Waals surface area contributed by atoms with E-state index in [2.05, 4.69) is 5.32 Å². The third-order valence-corrected chi connectivity index (χ3v) is 5.97. The van der Waals surface area contributed by atoms with Gasteiger partial charge in [0.15, 0.2) is 0 Å². The van der Waals surface area contributed by atoms with Gasteiger partial charge in [0.2, 0.25) is 10.0 Å². The highest BCUT2D eigenvalue weighted by atomic mass is 32.2. The van der Waals surface area contributed by atoms with Crippen molar-refractivity contribution in [3.63, 3.8) is 0 Å². The molecule has 6 heteroatoms. The number of hydrogen-bond donors (Lipinski definition) is 1. The smallest absolute Gasteiger partial charge is 0.216 e. The van der Waals surface area contributed by atoms with Crippen LogP contribution in [0.2, 0.25) is 0 Å². The van der Waals surface area contributed by atoms with Crippen molar-refractivity contribution in [2.45, 2.75) is 51.2 Å². The first-order valence-electron chi connectivity index (χ1n) is 7.45. The normalized spacial score (nSPS) is 29.7. The summed E-state index contributed by atoms with van der Waals surface area (Å²) in [4.78, 5) is 0. The van der Waals surface area contributed by atoms with E-state index in [9.17, 15) is 8.42 Å². The van der Waals surface area contributed by atoms with Crippen LogP contribution in [0.25, 0.3) is 0 Å². The van der Waals surface area contributed by atoms with E-state index in [1.165, 1.54) is 0 Å². The minimum absolute atomic E-state index is 0.0910. The first-order chi connectivity index (χ1) is 9.13. The van der Waals surface area contributed by atoms with Crippen LogP contribution in [0.15, 0.2) is 0 Å². The van der Waals surface area contributed by atoms with Crippen LogP contribution >= 0.6 is 0 Å². The highest BCUT2D eigenvalue weighted by Gasteiger charge is 2.34. The monoisotopic (exact) mass is 290 g/mol. The SMILES string of the molecule is CCNCC1CCCCN1S(=O)(=O)CC1CCCO1. The van der Waals surface area contributed by atoms with E-state index in [0.29, 0.717) is 13.2 Å². The number of rotatable bonds is 6. The molecule has 0 amide bonds. The zero-order valence-electron chi connectivity index (χ0n) is 11.8. The molecule has 0 spiro atoms. The highest BCUT2D eigenvalue weighted by molar-refractivity contribution is 7.89. The lowest BCUT2D eigenvalue weighted by Gasteiger charge is -2.35. The molecular weight excluding hydrogens is 264 g/mol. The standard InChI is InChI=1S/C13H26N2O3S/c1-2-14-10-12-6-3-4-8-15(12)19(16,17)11-13-7-5-9-18-13/h12-14H,2-11H2,1H3. The van der Waals surface area contributed by atoms with Gasteiger partial charge in [0.1, 0.15) is 0 Å². The Kier molecular flexibility index (Phi) is 5.62. The zero-order chi connectivity index (χ0) is 13.7. The van der Waals surface area contributed by atoms with Gasteiger partial charge < -0.3 is 10.1 Å². The molecule has 2 atom stereocenters. The Morgan fingerprint density at radius 2 is 2.11 bits per heavy atom. The maximum Gasteiger partial charge on any atom is 0.216 e. The lowest BCUT2D eigenvalue weighted by Crippen LogP contribution is -2.50. The summed E-state index contributed by atoms with van der Waals surface area (Å²) in [6.07, 6.45) is 4.85. The predicted octanol–water partition coefficient (Wildman–Crippen LogP) is 0.959. The van der Waals surface area contributed by atoms with Crippen molar-refractivity contribution in [3.8, 4) is 0 Å². The van der Waals surface area contributed by atoms with Crippen molar-refractivity contribution in [1.82, 2.24) is 9.62 Å². The van der Waals surface area contributed by atoms with Gasteiger partial charge in [0.05, 0.1) is 11.9 Å². The molecule has 0 aromatic heterocycles. The van der Waals surface area contributed by atoms with E-state index in [4.69, 9.17) is 4.74 Å². The summed E-state index contributed by atoms with van der Waals surface area (Å²) in [5.41, 5.74) is 0. The fraction of sp³-hybridized carbons (Fsp3) is 1.00. The molecule has 2 aliphatic heterocycles. The number of likely N-dealkylation sites (N-methyl/N-ethyl adjacent to an activating group) is 1. The van der Waals surface area contributed by atoms with Crippen LogP contribution in [0.4, 0.5) is 0 Å². The highest BCUT2D eigenvalue weighted by Crippen LogP contribution is 2.23. The fourth-order valence-corrected chi connectivity index (χ4v) is 4.93. The number of nitrogens with one attached hydrogen (secondary N) is 1. The Hall–Kier alpha value is -0.170. The number of sulfonamides is 1. The van der Waals surface area contributed by atoms with E-state index >= 15 is 0 Å². The van der Waals surface area contributed by atoms with Crippen LogP contribution in [0.5, 0.6) is 0 Å². The zero-order valence-corrected chi connectivity index (χ0v) is 12.6. The quantitative estimate of drug-likeness (QED) is 0.791. The Morgan fingerprint density at radius 1 is 1.26 bits per heavy atom. The average Bonchev–Trinajstić information content (AvgIpc) is 2.88. The van der Waals surface area contributed by atoms with Crippen LogP contribution in [0, 0.1) is 0 Å². The van der Waals surface area contributed by atoms with Gasteiger partial charge in [0, 0.05) is 25.7 Å². The third-order valence-electron chi connectivity index (χ3n) is 3.98. The summed E-state index contributed by atoms with van der Waals surface area (Å²) >= 11 is 0. The van der Waals surface area contributed by atoms with Gasteiger partial charge in [-0.05, 0) is 32.2 Å². The molecule has 2 rings (SSSR count). The molecule has 112 valence electrons. The van der Waals surface area contributed by atoms with Crippen LogP contribution in [-0.2, 0) is 14.8 Å². The number of piperidine rings is 1. The molecule has 0 aromatic rings. The maximum absolute atomic E-state index is 12.5. The van der Waals surface area contributed by atoms with Crippen LogP contribution in [0.1, 0.15) is 39.0 Å². The molecule has 2 heterocycles. The molecular formula is C13H26N2O3S. The summed E-state index contributed by atoms with van der Waals surface area (Å²) in [5.74, 6) is 0.162. The molecule has 5 nitrogen and oxygen atoms in total. The minimum atomic E-state index is -3.18. The number of nitrogens with zero attached hydrogens (tertiary/aromatic N) is 1. The van der Waals surface area contributed by atoms with E-state index in [1.54, 1.807) is 4.31 Å². The van der Waals surface area contributed by atoms with Crippen molar-refractivity contribution in [2.24, 2.45) is 0 Å². The van der Waals surface area contributed by atoms with Gasteiger partial charge in [0.25, 0.3) is 0 Å². The lowest BCUT2D eigenvalue weighted by molar-refractivity contribution is 0.125. The van der Waals surface area contributed by atoms with Crippen molar-refractivity contribution < 1.29 is 13.2 Å². The van der Waals surface area contributed by atoms with E-state index in [1.807, 2.05) is 6.92 Å². The summed E-state index contributed by atoms with van der Waals surface area (Å²) in [6, 6.07) is 0.125. The second kappa shape index (κ2) is 7.02. The topological polar surface area (TPSA) is 58.6 Å². The van der Waals surface area contributed by atoms with E-state index in [-0.39, 0.29) is 17.9 Å². The molecule has 0 radical (unpaired) electrons. The summed E-state index contributed by atoms with van der Waals surface area (Å²) in [6.45, 7) is 5.08. The minimum Gasteiger partial charge on any atom is -0.377 e. The molecule has 0 bridgehead atoms. The molecule has 0 aliphatic carbocycles. The van der Waals surface area contributed by atoms with Gasteiger partial charge in [-0.2, -0.15) is 4.31 Å². The second-order valence-corrected chi connectivity index (χ2v) is 7.45. The van der Waals surface area contributed by atoms with Crippen molar-refractivity contribution in [2.75, 3.05) is 32.0 Å². The molecule has 2 unspecified atom stereocenters. The second-order valence-electron chi connectivity index (χ2n) is 5.48. The first kappa shape index (κ1) is 15.2. The van der Waals surface area contributed by atoms with Gasteiger partial charge in [-0.25, -0.2) is 8.42 Å². The van der Waals surface area contributed by atoms with Gasteiger partial charge >= 0.3 is 0 Å². The van der Waals surface area contributed by atoms with Gasteiger partial charge in [-0.15, -0.1) is 0 Å². The third kappa shape index (κ3) is 4.15. The Labute approximate surface area is 116 Å². The Balaban J connectivity index is 1.98. The average molecular weight is 290 g/mol. The van der Waals surface area contributed by atoms with Crippen LogP contribution in [0.3, 0.4) is 0 Å². The van der Waals surface area contributed by atoms with Crippen LogP contribution < -0.4 is 5.32 Å². The molecule has 2 fully saturated rings. The molecule has 1 N–H and O–H groups in total. The maximum atomic E-state index is 12.5. The summed E-state index contributed by atoms with van der Waals surface area (Å²) in [7, 11) is -3.18.